The summed E-state index contributed by atoms with van der Waals surface area (Å²) in [5.74, 6) is -0.482. The van der Waals surface area contributed by atoms with Crippen LogP contribution in [0, 0.1) is 18.3 Å². The quantitative estimate of drug-likeness (QED) is 0.796. The Morgan fingerprint density at radius 2 is 2.17 bits per heavy atom. The number of nitrogens with zero attached hydrogens (tertiary/aromatic N) is 2. The summed E-state index contributed by atoms with van der Waals surface area (Å²) in [5, 5.41) is 10.4. The summed E-state index contributed by atoms with van der Waals surface area (Å²) in [7, 11) is 0. The second-order valence-corrected chi connectivity index (χ2v) is 7.97. The van der Waals surface area contributed by atoms with Crippen molar-refractivity contribution >= 4 is 23.2 Å². The Balaban J connectivity index is 1.94. The highest BCUT2D eigenvalue weighted by Crippen LogP contribution is 2.44. The average Bonchev–Trinajstić information content (AvgIpc) is 3.20. The summed E-state index contributed by atoms with van der Waals surface area (Å²) in [6, 6.07) is 8.96. The van der Waals surface area contributed by atoms with E-state index in [9.17, 15) is 10.1 Å². The van der Waals surface area contributed by atoms with Crippen molar-refractivity contribution in [3.63, 3.8) is 0 Å². The normalized spacial score (nSPS) is 20.9. The van der Waals surface area contributed by atoms with Gasteiger partial charge in [-0.15, -0.1) is 0 Å². The van der Waals surface area contributed by atoms with Gasteiger partial charge in [-0.1, -0.05) is 35.3 Å². The molecule has 0 amide bonds. The number of nitrogens with two attached hydrogens (primary N) is 1. The van der Waals surface area contributed by atoms with Crippen LogP contribution in [0.4, 0.5) is 0 Å². The first kappa shape index (κ1) is 19.8. The first-order valence-electron chi connectivity index (χ1n) is 9.29. The Kier molecular flexibility index (Phi) is 5.30. The number of rotatable bonds is 3. The molecule has 1 fully saturated rings. The molecule has 0 bridgehead atoms. The van der Waals surface area contributed by atoms with Crippen LogP contribution in [0.3, 0.4) is 0 Å². The van der Waals surface area contributed by atoms with Crippen molar-refractivity contribution in [3.8, 4) is 11.8 Å². The molecule has 2 atom stereocenters. The molecule has 0 unspecified atom stereocenters. The molecule has 3 heterocycles. The minimum Gasteiger partial charge on any atom is -0.440 e. The number of ether oxygens (including phenoxy) is 2. The number of hydrogen-bond acceptors (Lipinski definition) is 5. The maximum atomic E-state index is 13.5. The van der Waals surface area contributed by atoms with Gasteiger partial charge in [0.25, 0.3) is 5.56 Å². The Bertz CT molecular complexity index is 1110. The number of nitriles is 1. The molecular formula is C21H19Cl2N3O3. The van der Waals surface area contributed by atoms with Gasteiger partial charge in [-0.2, -0.15) is 5.26 Å². The third-order valence-corrected chi connectivity index (χ3v) is 6.23. The van der Waals surface area contributed by atoms with Crippen molar-refractivity contribution in [1.82, 2.24) is 4.57 Å². The standard InChI is InChI=1S/C21H19Cl2N3O3/c1-11-8-16-18(21(27)26(11)10-12-4-3-7-28-12)17(14(9-24)20(25)29-16)13-5-2-6-15(22)19(13)23/h2,5-6,8,12,17H,3-4,7,10,25H2,1H3/t12-,17+/m0/s1. The zero-order valence-corrected chi connectivity index (χ0v) is 17.3. The van der Waals surface area contributed by atoms with Crippen LogP contribution in [-0.4, -0.2) is 17.3 Å². The van der Waals surface area contributed by atoms with E-state index in [1.807, 2.05) is 6.92 Å². The van der Waals surface area contributed by atoms with Crippen LogP contribution in [0.1, 0.15) is 35.6 Å². The molecule has 29 heavy (non-hydrogen) atoms. The van der Waals surface area contributed by atoms with Crippen molar-refractivity contribution in [2.75, 3.05) is 6.61 Å². The summed E-state index contributed by atoms with van der Waals surface area (Å²) in [5.41, 5.74) is 7.49. The van der Waals surface area contributed by atoms with E-state index in [1.54, 1.807) is 28.8 Å². The van der Waals surface area contributed by atoms with Gasteiger partial charge in [0.1, 0.15) is 17.4 Å². The van der Waals surface area contributed by atoms with Crippen molar-refractivity contribution in [1.29, 1.82) is 5.26 Å². The number of aryl methyl sites for hydroxylation is 1. The van der Waals surface area contributed by atoms with E-state index < -0.39 is 5.92 Å². The van der Waals surface area contributed by atoms with Crippen LogP contribution in [0.5, 0.6) is 5.75 Å². The molecule has 2 N–H and O–H groups in total. The molecule has 1 aromatic heterocycles. The second-order valence-electron chi connectivity index (χ2n) is 7.18. The van der Waals surface area contributed by atoms with E-state index in [4.69, 9.17) is 38.4 Å². The number of aromatic nitrogens is 1. The van der Waals surface area contributed by atoms with E-state index in [0.717, 1.165) is 18.5 Å². The van der Waals surface area contributed by atoms with Crippen molar-refractivity contribution < 1.29 is 9.47 Å². The number of fused-ring (bicyclic) bond motifs is 1. The van der Waals surface area contributed by atoms with Crippen molar-refractivity contribution in [2.24, 2.45) is 5.73 Å². The fourth-order valence-electron chi connectivity index (χ4n) is 3.96. The Hall–Kier alpha value is -2.46. The number of benzene rings is 1. The molecule has 0 saturated carbocycles. The molecular weight excluding hydrogens is 413 g/mol. The molecule has 8 heteroatoms. The monoisotopic (exact) mass is 431 g/mol. The van der Waals surface area contributed by atoms with Gasteiger partial charge in [0, 0.05) is 18.4 Å². The predicted octanol–water partition coefficient (Wildman–Crippen LogP) is 3.86. The fourth-order valence-corrected chi connectivity index (χ4v) is 4.38. The largest absolute Gasteiger partial charge is 0.440 e. The molecule has 1 saturated heterocycles. The van der Waals surface area contributed by atoms with Gasteiger partial charge in [0.2, 0.25) is 5.88 Å². The summed E-state index contributed by atoms with van der Waals surface area (Å²) in [4.78, 5) is 13.5. The van der Waals surface area contributed by atoms with E-state index in [-0.39, 0.29) is 28.1 Å². The molecule has 2 aliphatic heterocycles. The number of pyridine rings is 1. The van der Waals surface area contributed by atoms with Crippen LogP contribution >= 0.6 is 23.2 Å². The molecule has 0 aliphatic carbocycles. The maximum Gasteiger partial charge on any atom is 0.258 e. The summed E-state index contributed by atoms with van der Waals surface area (Å²) < 4.78 is 13.0. The van der Waals surface area contributed by atoms with Gasteiger partial charge in [-0.3, -0.25) is 4.79 Å². The Morgan fingerprint density at radius 3 is 2.86 bits per heavy atom. The second kappa shape index (κ2) is 7.75. The van der Waals surface area contributed by atoms with Crippen molar-refractivity contribution in [3.05, 3.63) is 72.9 Å². The van der Waals surface area contributed by atoms with E-state index in [2.05, 4.69) is 6.07 Å². The highest BCUT2D eigenvalue weighted by molar-refractivity contribution is 6.42. The van der Waals surface area contributed by atoms with Gasteiger partial charge in [-0.25, -0.2) is 0 Å². The van der Waals surface area contributed by atoms with Crippen molar-refractivity contribution in [2.45, 2.75) is 38.3 Å². The highest BCUT2D eigenvalue weighted by atomic mass is 35.5. The Morgan fingerprint density at radius 1 is 1.38 bits per heavy atom. The molecule has 150 valence electrons. The Labute approximate surface area is 178 Å². The SMILES string of the molecule is Cc1cc2c(c(=O)n1C[C@@H]1CCCO1)[C@H](c1cccc(Cl)c1Cl)C(C#N)=C(N)O2. The van der Waals surface area contributed by atoms with E-state index in [0.29, 0.717) is 35.1 Å². The first-order chi connectivity index (χ1) is 13.9. The minimum atomic E-state index is -0.765. The molecule has 2 aliphatic rings. The topological polar surface area (TPSA) is 90.3 Å². The number of halogens is 2. The highest BCUT2D eigenvalue weighted by Gasteiger charge is 2.36. The summed E-state index contributed by atoms with van der Waals surface area (Å²) in [6.45, 7) is 2.97. The average molecular weight is 432 g/mol. The van der Waals surface area contributed by atoms with Gasteiger partial charge in [0.05, 0.1) is 34.2 Å². The maximum absolute atomic E-state index is 13.5. The molecule has 1 aromatic carbocycles. The summed E-state index contributed by atoms with van der Waals surface area (Å²) in [6.07, 6.45) is 1.86. The lowest BCUT2D eigenvalue weighted by Gasteiger charge is -2.28. The fraction of sp³-hybridized carbons (Fsp3) is 0.333. The van der Waals surface area contributed by atoms with Crippen LogP contribution in [0.15, 0.2) is 40.5 Å². The molecule has 0 spiro atoms. The van der Waals surface area contributed by atoms with Gasteiger partial charge in [-0.05, 0) is 31.4 Å². The molecule has 0 radical (unpaired) electrons. The lowest BCUT2D eigenvalue weighted by atomic mass is 9.84. The van der Waals surface area contributed by atoms with Gasteiger partial charge >= 0.3 is 0 Å². The van der Waals surface area contributed by atoms with Gasteiger partial charge < -0.3 is 19.8 Å². The summed E-state index contributed by atoms with van der Waals surface area (Å²) >= 11 is 12.7. The third-order valence-electron chi connectivity index (χ3n) is 5.39. The van der Waals surface area contributed by atoms with E-state index in [1.165, 1.54) is 0 Å². The molecule has 4 rings (SSSR count). The van der Waals surface area contributed by atoms with Gasteiger partial charge in [0.15, 0.2) is 0 Å². The molecule has 6 nitrogen and oxygen atoms in total. The van der Waals surface area contributed by atoms with Crippen LogP contribution < -0.4 is 16.0 Å². The zero-order valence-electron chi connectivity index (χ0n) is 15.7. The van der Waals surface area contributed by atoms with Crippen LogP contribution in [0.2, 0.25) is 10.0 Å². The third kappa shape index (κ3) is 3.40. The predicted molar refractivity (Wildman–Crippen MR) is 110 cm³/mol. The lowest BCUT2D eigenvalue weighted by Crippen LogP contribution is -2.35. The van der Waals surface area contributed by atoms with Crippen LogP contribution in [0.25, 0.3) is 0 Å². The minimum absolute atomic E-state index is 0.0155. The first-order valence-corrected chi connectivity index (χ1v) is 10.1. The molecule has 2 aromatic rings. The lowest BCUT2D eigenvalue weighted by molar-refractivity contribution is 0.0955. The van der Waals surface area contributed by atoms with Crippen LogP contribution in [-0.2, 0) is 11.3 Å². The number of allylic oxidation sites excluding steroid dienone is 1. The van der Waals surface area contributed by atoms with E-state index >= 15 is 0 Å². The number of hydrogen-bond donors (Lipinski definition) is 1. The zero-order chi connectivity index (χ0) is 20.7. The smallest absolute Gasteiger partial charge is 0.258 e.